The molecule has 0 unspecified atom stereocenters. The van der Waals surface area contributed by atoms with Gasteiger partial charge in [-0.25, -0.2) is 16.8 Å². The second-order valence-corrected chi connectivity index (χ2v) is 12.0. The van der Waals surface area contributed by atoms with Crippen LogP contribution in [0.15, 0.2) is 52.3 Å². The SMILES string of the molecule is CCN(CC)S(=O)(=O)c1ccc(OC(C)C)c(NC(=O)CCS(=O)(=O)c2ccc(Cl)cc2)c1. The molecule has 1 N–H and O–H groups in total. The van der Waals surface area contributed by atoms with Crippen molar-refractivity contribution in [2.45, 2.75) is 50.0 Å². The molecule has 0 aromatic heterocycles. The molecule has 2 rings (SSSR count). The zero-order valence-electron chi connectivity index (χ0n) is 19.0. The summed E-state index contributed by atoms with van der Waals surface area (Å²) >= 11 is 5.80. The Hall–Kier alpha value is -2.14. The predicted molar refractivity (Wildman–Crippen MR) is 129 cm³/mol. The van der Waals surface area contributed by atoms with E-state index in [-0.39, 0.29) is 33.8 Å². The molecular formula is C22H29ClN2O6S2. The molecule has 1 amide bonds. The van der Waals surface area contributed by atoms with Crippen molar-refractivity contribution in [3.63, 3.8) is 0 Å². The lowest BCUT2D eigenvalue weighted by molar-refractivity contribution is -0.115. The number of carbonyl (C=O) groups is 1. The minimum Gasteiger partial charge on any atom is -0.489 e. The highest BCUT2D eigenvalue weighted by Crippen LogP contribution is 2.30. The van der Waals surface area contributed by atoms with E-state index >= 15 is 0 Å². The number of hydrogen-bond acceptors (Lipinski definition) is 6. The summed E-state index contributed by atoms with van der Waals surface area (Å²) < 4.78 is 57.8. The van der Waals surface area contributed by atoms with Gasteiger partial charge in [0, 0.05) is 24.5 Å². The first kappa shape index (κ1) is 27.1. The van der Waals surface area contributed by atoms with Gasteiger partial charge in [0.2, 0.25) is 15.9 Å². The standard InChI is InChI=1S/C22H29ClN2O6S2/c1-5-25(6-2)33(29,30)19-11-12-21(31-16(3)4)20(15-19)24-22(26)13-14-32(27,28)18-9-7-17(23)8-10-18/h7-12,15-16H,5-6,13-14H2,1-4H3,(H,24,26). The molecule has 0 bridgehead atoms. The van der Waals surface area contributed by atoms with Gasteiger partial charge in [-0.15, -0.1) is 0 Å². The lowest BCUT2D eigenvalue weighted by Gasteiger charge is -2.20. The van der Waals surface area contributed by atoms with Crippen LogP contribution in [0.1, 0.15) is 34.1 Å². The van der Waals surface area contributed by atoms with Gasteiger partial charge in [0.15, 0.2) is 9.84 Å². The Morgan fingerprint density at radius 2 is 1.58 bits per heavy atom. The fourth-order valence-corrected chi connectivity index (χ4v) is 5.89. The Morgan fingerprint density at radius 3 is 2.12 bits per heavy atom. The lowest BCUT2D eigenvalue weighted by atomic mass is 10.2. The Labute approximate surface area is 200 Å². The van der Waals surface area contributed by atoms with E-state index in [0.717, 1.165) is 0 Å². The molecule has 0 aliphatic heterocycles. The van der Waals surface area contributed by atoms with Gasteiger partial charge in [-0.1, -0.05) is 25.4 Å². The molecule has 0 aliphatic carbocycles. The number of anilines is 1. The van der Waals surface area contributed by atoms with Gasteiger partial charge in [-0.2, -0.15) is 4.31 Å². The van der Waals surface area contributed by atoms with Gasteiger partial charge in [-0.3, -0.25) is 4.79 Å². The molecule has 0 saturated carbocycles. The van der Waals surface area contributed by atoms with Crippen LogP contribution in [0, 0.1) is 0 Å². The van der Waals surface area contributed by atoms with Gasteiger partial charge >= 0.3 is 0 Å². The largest absolute Gasteiger partial charge is 0.489 e. The third-order valence-electron chi connectivity index (χ3n) is 4.70. The maximum atomic E-state index is 12.9. The summed E-state index contributed by atoms with van der Waals surface area (Å²) in [6.07, 6.45) is -0.546. The van der Waals surface area contributed by atoms with E-state index < -0.39 is 31.5 Å². The van der Waals surface area contributed by atoms with E-state index in [1.165, 1.54) is 46.8 Å². The molecule has 0 fully saturated rings. The van der Waals surface area contributed by atoms with Crippen LogP contribution < -0.4 is 10.1 Å². The van der Waals surface area contributed by atoms with Crippen molar-refractivity contribution in [2.24, 2.45) is 0 Å². The number of halogens is 1. The molecule has 11 heteroatoms. The molecule has 0 heterocycles. The molecule has 182 valence electrons. The van der Waals surface area contributed by atoms with E-state index in [9.17, 15) is 21.6 Å². The second-order valence-electron chi connectivity index (χ2n) is 7.48. The Balaban J connectivity index is 2.26. The average Bonchev–Trinajstić information content (AvgIpc) is 2.74. The summed E-state index contributed by atoms with van der Waals surface area (Å²) in [6.45, 7) is 7.67. The van der Waals surface area contributed by atoms with Crippen LogP contribution >= 0.6 is 11.6 Å². The maximum absolute atomic E-state index is 12.9. The third-order valence-corrected chi connectivity index (χ3v) is 8.73. The first-order valence-corrected chi connectivity index (χ1v) is 14.0. The zero-order chi connectivity index (χ0) is 24.8. The van der Waals surface area contributed by atoms with Gasteiger partial charge < -0.3 is 10.1 Å². The number of nitrogens with zero attached hydrogens (tertiary/aromatic N) is 1. The molecule has 0 spiro atoms. The normalized spacial score (nSPS) is 12.2. The third kappa shape index (κ3) is 7.17. The average molecular weight is 517 g/mol. The summed E-state index contributed by atoms with van der Waals surface area (Å²) in [5, 5.41) is 3.01. The molecule has 2 aromatic carbocycles. The fraction of sp³-hybridized carbons (Fsp3) is 0.409. The smallest absolute Gasteiger partial charge is 0.243 e. The molecule has 8 nitrogen and oxygen atoms in total. The minimum atomic E-state index is -3.76. The molecule has 0 radical (unpaired) electrons. The van der Waals surface area contributed by atoms with Crippen LogP contribution in [0.5, 0.6) is 5.75 Å². The molecule has 2 aromatic rings. The van der Waals surface area contributed by atoms with Crippen molar-refractivity contribution >= 4 is 43.1 Å². The topological polar surface area (TPSA) is 110 Å². The molecule has 0 saturated heterocycles. The van der Waals surface area contributed by atoms with Crippen LogP contribution in [-0.4, -0.2) is 52.0 Å². The molecular weight excluding hydrogens is 488 g/mol. The van der Waals surface area contributed by atoms with Crippen molar-refractivity contribution in [3.8, 4) is 5.75 Å². The Morgan fingerprint density at radius 1 is 1.00 bits per heavy atom. The first-order valence-electron chi connectivity index (χ1n) is 10.5. The van der Waals surface area contributed by atoms with E-state index in [2.05, 4.69) is 5.32 Å². The highest BCUT2D eigenvalue weighted by molar-refractivity contribution is 7.91. The van der Waals surface area contributed by atoms with Crippen molar-refractivity contribution < 1.29 is 26.4 Å². The summed E-state index contributed by atoms with van der Waals surface area (Å²) in [6, 6.07) is 9.93. The summed E-state index contributed by atoms with van der Waals surface area (Å²) in [4.78, 5) is 12.6. The number of hydrogen-bond donors (Lipinski definition) is 1. The van der Waals surface area contributed by atoms with Crippen LogP contribution in [-0.2, 0) is 24.7 Å². The van der Waals surface area contributed by atoms with Crippen molar-refractivity contribution in [2.75, 3.05) is 24.2 Å². The predicted octanol–water partition coefficient (Wildman–Crippen LogP) is 3.96. The number of sulfonamides is 1. The summed E-state index contributed by atoms with van der Waals surface area (Å²) in [7, 11) is -7.46. The quantitative estimate of drug-likeness (QED) is 0.484. The van der Waals surface area contributed by atoms with E-state index in [0.29, 0.717) is 18.1 Å². The number of nitrogens with one attached hydrogen (secondary N) is 1. The fourth-order valence-electron chi connectivity index (χ4n) is 3.04. The lowest BCUT2D eigenvalue weighted by Crippen LogP contribution is -2.30. The number of amides is 1. The highest BCUT2D eigenvalue weighted by Gasteiger charge is 2.24. The van der Waals surface area contributed by atoms with Crippen LogP contribution in [0.2, 0.25) is 5.02 Å². The second kappa shape index (κ2) is 11.3. The monoisotopic (exact) mass is 516 g/mol. The number of rotatable bonds is 11. The van der Waals surface area contributed by atoms with Crippen LogP contribution in [0.4, 0.5) is 5.69 Å². The Kier molecular flexibility index (Phi) is 9.30. The number of ether oxygens (including phenoxy) is 1. The van der Waals surface area contributed by atoms with Gasteiger partial charge in [-0.05, 0) is 56.3 Å². The minimum absolute atomic E-state index is 0.00592. The van der Waals surface area contributed by atoms with Gasteiger partial charge in [0.1, 0.15) is 5.75 Å². The van der Waals surface area contributed by atoms with Crippen molar-refractivity contribution in [1.29, 1.82) is 0 Å². The summed E-state index contributed by atoms with van der Waals surface area (Å²) in [5.41, 5.74) is 0.158. The van der Waals surface area contributed by atoms with Crippen LogP contribution in [0.3, 0.4) is 0 Å². The number of carbonyl (C=O) groups excluding carboxylic acids is 1. The number of benzene rings is 2. The van der Waals surface area contributed by atoms with Crippen LogP contribution in [0.25, 0.3) is 0 Å². The van der Waals surface area contributed by atoms with Gasteiger partial charge in [0.25, 0.3) is 0 Å². The molecule has 33 heavy (non-hydrogen) atoms. The summed E-state index contributed by atoms with van der Waals surface area (Å²) in [5.74, 6) is -0.714. The van der Waals surface area contributed by atoms with Gasteiger partial charge in [0.05, 0.1) is 27.3 Å². The van der Waals surface area contributed by atoms with E-state index in [1.54, 1.807) is 27.7 Å². The highest BCUT2D eigenvalue weighted by atomic mass is 35.5. The van der Waals surface area contributed by atoms with E-state index in [4.69, 9.17) is 16.3 Å². The Bertz CT molecular complexity index is 1180. The zero-order valence-corrected chi connectivity index (χ0v) is 21.4. The van der Waals surface area contributed by atoms with Crippen molar-refractivity contribution in [3.05, 3.63) is 47.5 Å². The number of sulfone groups is 1. The first-order chi connectivity index (χ1) is 15.4. The molecule has 0 aliphatic rings. The maximum Gasteiger partial charge on any atom is 0.243 e. The molecule has 0 atom stereocenters. The van der Waals surface area contributed by atoms with Crippen molar-refractivity contribution in [1.82, 2.24) is 4.31 Å². The van der Waals surface area contributed by atoms with E-state index in [1.807, 2.05) is 0 Å².